The largest absolute Gasteiger partial charge is 0.481 e. The van der Waals surface area contributed by atoms with Crippen LogP contribution in [0.1, 0.15) is 29.6 Å². The molecule has 19 heavy (non-hydrogen) atoms. The highest BCUT2D eigenvalue weighted by atomic mass is 35.5. The molecule has 0 aromatic heterocycles. The van der Waals surface area contributed by atoms with Gasteiger partial charge in [-0.25, -0.2) is 4.39 Å². The SMILES string of the molecule is O=C(NC1CCC(C(=O)O)C1)c1cccc(F)c1Cl. The highest BCUT2D eigenvalue weighted by Gasteiger charge is 2.31. The van der Waals surface area contributed by atoms with Crippen LogP contribution in [0, 0.1) is 11.7 Å². The lowest BCUT2D eigenvalue weighted by Gasteiger charge is -2.13. The normalized spacial score (nSPS) is 22.2. The van der Waals surface area contributed by atoms with E-state index in [9.17, 15) is 14.0 Å². The van der Waals surface area contributed by atoms with E-state index in [2.05, 4.69) is 5.32 Å². The van der Waals surface area contributed by atoms with Gasteiger partial charge in [0.1, 0.15) is 5.82 Å². The quantitative estimate of drug-likeness (QED) is 0.896. The molecule has 1 amide bonds. The van der Waals surface area contributed by atoms with Crippen LogP contribution in [0.3, 0.4) is 0 Å². The van der Waals surface area contributed by atoms with Gasteiger partial charge in [0.05, 0.1) is 16.5 Å². The number of halogens is 2. The summed E-state index contributed by atoms with van der Waals surface area (Å²) in [6.07, 6.45) is 1.54. The van der Waals surface area contributed by atoms with E-state index in [1.54, 1.807) is 0 Å². The molecule has 2 N–H and O–H groups in total. The van der Waals surface area contributed by atoms with Crippen LogP contribution in [0.4, 0.5) is 4.39 Å². The fraction of sp³-hybridized carbons (Fsp3) is 0.385. The molecule has 0 heterocycles. The molecule has 1 aromatic rings. The van der Waals surface area contributed by atoms with Gasteiger partial charge < -0.3 is 10.4 Å². The van der Waals surface area contributed by atoms with Gasteiger partial charge in [0.15, 0.2) is 0 Å². The first-order valence-electron chi connectivity index (χ1n) is 5.96. The van der Waals surface area contributed by atoms with Crippen molar-refractivity contribution in [3.63, 3.8) is 0 Å². The van der Waals surface area contributed by atoms with Crippen molar-refractivity contribution >= 4 is 23.5 Å². The van der Waals surface area contributed by atoms with Crippen LogP contribution in [0.5, 0.6) is 0 Å². The van der Waals surface area contributed by atoms with E-state index in [0.717, 1.165) is 0 Å². The van der Waals surface area contributed by atoms with Gasteiger partial charge in [0.25, 0.3) is 5.91 Å². The number of benzene rings is 1. The van der Waals surface area contributed by atoms with E-state index in [-0.39, 0.29) is 16.6 Å². The zero-order chi connectivity index (χ0) is 14.0. The van der Waals surface area contributed by atoms with Crippen molar-refractivity contribution in [3.05, 3.63) is 34.6 Å². The summed E-state index contributed by atoms with van der Waals surface area (Å²) in [5.41, 5.74) is 0.0699. The molecular weight excluding hydrogens is 273 g/mol. The highest BCUT2D eigenvalue weighted by molar-refractivity contribution is 6.34. The highest BCUT2D eigenvalue weighted by Crippen LogP contribution is 2.26. The lowest BCUT2D eigenvalue weighted by molar-refractivity contribution is -0.141. The number of aliphatic carboxylic acids is 1. The molecule has 102 valence electrons. The second kappa shape index (κ2) is 5.57. The first-order valence-corrected chi connectivity index (χ1v) is 6.34. The molecule has 0 bridgehead atoms. The molecule has 0 spiro atoms. The molecule has 0 aliphatic heterocycles. The first kappa shape index (κ1) is 13.8. The van der Waals surface area contributed by atoms with Crippen molar-refractivity contribution in [3.8, 4) is 0 Å². The number of rotatable bonds is 3. The third-order valence-corrected chi connectivity index (χ3v) is 3.70. The Balaban J connectivity index is 2.02. The lowest BCUT2D eigenvalue weighted by Crippen LogP contribution is -2.33. The van der Waals surface area contributed by atoms with Crippen LogP contribution in [0.15, 0.2) is 18.2 Å². The van der Waals surface area contributed by atoms with E-state index < -0.39 is 23.6 Å². The van der Waals surface area contributed by atoms with Gasteiger partial charge in [0, 0.05) is 6.04 Å². The number of carbonyl (C=O) groups excluding carboxylic acids is 1. The summed E-state index contributed by atoms with van der Waals surface area (Å²) < 4.78 is 13.2. The molecule has 2 unspecified atom stereocenters. The Hall–Kier alpha value is -1.62. The maximum absolute atomic E-state index is 13.2. The van der Waals surface area contributed by atoms with E-state index in [4.69, 9.17) is 16.7 Å². The molecule has 2 rings (SSSR count). The van der Waals surface area contributed by atoms with Gasteiger partial charge in [-0.3, -0.25) is 9.59 Å². The van der Waals surface area contributed by atoms with Gasteiger partial charge in [-0.1, -0.05) is 17.7 Å². The summed E-state index contributed by atoms with van der Waals surface area (Å²) in [7, 11) is 0. The molecule has 0 saturated heterocycles. The van der Waals surface area contributed by atoms with Crippen LogP contribution in [-0.2, 0) is 4.79 Å². The van der Waals surface area contributed by atoms with Crippen LogP contribution >= 0.6 is 11.6 Å². The molecule has 1 aliphatic carbocycles. The third-order valence-electron chi connectivity index (χ3n) is 3.31. The molecular formula is C13H13ClFNO3. The molecule has 1 saturated carbocycles. The minimum absolute atomic E-state index is 0.0699. The average molecular weight is 286 g/mol. The Kier molecular flexibility index (Phi) is 4.04. The number of nitrogens with one attached hydrogen (secondary N) is 1. The van der Waals surface area contributed by atoms with E-state index in [1.165, 1.54) is 18.2 Å². The number of amides is 1. The summed E-state index contributed by atoms with van der Waals surface area (Å²) in [5, 5.41) is 11.4. The minimum Gasteiger partial charge on any atom is -0.481 e. The number of carbonyl (C=O) groups is 2. The van der Waals surface area contributed by atoms with Crippen molar-refractivity contribution in [2.24, 2.45) is 5.92 Å². The summed E-state index contributed by atoms with van der Waals surface area (Å²) in [6.45, 7) is 0. The molecule has 1 aliphatic rings. The predicted molar refractivity (Wildman–Crippen MR) is 67.6 cm³/mol. The van der Waals surface area contributed by atoms with Crippen LogP contribution < -0.4 is 5.32 Å². The Morgan fingerprint density at radius 2 is 2.11 bits per heavy atom. The Bertz CT molecular complexity index is 521. The smallest absolute Gasteiger partial charge is 0.306 e. The van der Waals surface area contributed by atoms with Crippen LogP contribution in [-0.4, -0.2) is 23.0 Å². The Labute approximate surface area is 114 Å². The van der Waals surface area contributed by atoms with Gasteiger partial charge in [-0.15, -0.1) is 0 Å². The van der Waals surface area contributed by atoms with Crippen LogP contribution in [0.2, 0.25) is 5.02 Å². The average Bonchev–Trinajstić information content (AvgIpc) is 2.81. The van der Waals surface area contributed by atoms with Gasteiger partial charge in [-0.2, -0.15) is 0 Å². The second-order valence-electron chi connectivity index (χ2n) is 4.62. The molecule has 1 aromatic carbocycles. The predicted octanol–water partition coefficient (Wildman–Crippen LogP) is 2.46. The van der Waals surface area contributed by atoms with Gasteiger partial charge >= 0.3 is 5.97 Å². The van der Waals surface area contributed by atoms with Gasteiger partial charge in [-0.05, 0) is 31.4 Å². The summed E-state index contributed by atoms with van der Waals surface area (Å²) in [4.78, 5) is 22.8. The number of carboxylic acids is 1. The van der Waals surface area contributed by atoms with E-state index >= 15 is 0 Å². The maximum Gasteiger partial charge on any atom is 0.306 e. The fourth-order valence-corrected chi connectivity index (χ4v) is 2.49. The monoisotopic (exact) mass is 285 g/mol. The molecule has 0 radical (unpaired) electrons. The van der Waals surface area contributed by atoms with Crippen molar-refractivity contribution in [1.29, 1.82) is 0 Å². The molecule has 2 atom stereocenters. The molecule has 1 fully saturated rings. The maximum atomic E-state index is 13.2. The van der Waals surface area contributed by atoms with Crippen molar-refractivity contribution in [2.75, 3.05) is 0 Å². The van der Waals surface area contributed by atoms with Crippen molar-refractivity contribution in [1.82, 2.24) is 5.32 Å². The Morgan fingerprint density at radius 3 is 2.74 bits per heavy atom. The minimum atomic E-state index is -0.847. The van der Waals surface area contributed by atoms with Gasteiger partial charge in [0.2, 0.25) is 0 Å². The summed E-state index contributed by atoms with van der Waals surface area (Å²) >= 11 is 5.72. The van der Waals surface area contributed by atoms with E-state index in [1.807, 2.05) is 0 Å². The van der Waals surface area contributed by atoms with Crippen molar-refractivity contribution < 1.29 is 19.1 Å². The lowest BCUT2D eigenvalue weighted by atomic mass is 10.1. The van der Waals surface area contributed by atoms with E-state index in [0.29, 0.717) is 19.3 Å². The third kappa shape index (κ3) is 3.04. The zero-order valence-electron chi connectivity index (χ0n) is 10.0. The summed E-state index contributed by atoms with van der Waals surface area (Å²) in [5.74, 6) is -2.39. The second-order valence-corrected chi connectivity index (χ2v) is 5.00. The zero-order valence-corrected chi connectivity index (χ0v) is 10.8. The molecule has 6 heteroatoms. The molecule has 4 nitrogen and oxygen atoms in total. The van der Waals surface area contributed by atoms with Crippen molar-refractivity contribution in [2.45, 2.75) is 25.3 Å². The number of carboxylic acid groups (broad SMARTS) is 1. The number of hydrogen-bond donors (Lipinski definition) is 2. The topological polar surface area (TPSA) is 66.4 Å². The van der Waals surface area contributed by atoms with Crippen LogP contribution in [0.25, 0.3) is 0 Å². The summed E-state index contributed by atoms with van der Waals surface area (Å²) in [6, 6.07) is 3.82. The standard InChI is InChI=1S/C13H13ClFNO3/c14-11-9(2-1-3-10(11)15)12(17)16-8-5-4-7(6-8)13(18)19/h1-3,7-8H,4-6H2,(H,16,17)(H,18,19). The number of hydrogen-bond acceptors (Lipinski definition) is 2. The fourth-order valence-electron chi connectivity index (χ4n) is 2.28. The first-order chi connectivity index (χ1) is 8.99. The Morgan fingerprint density at radius 1 is 1.37 bits per heavy atom.